The molecule has 1 amide bonds. The Labute approximate surface area is 107 Å². The summed E-state index contributed by atoms with van der Waals surface area (Å²) in [5, 5.41) is 13.1. The van der Waals surface area contributed by atoms with Gasteiger partial charge in [0, 0.05) is 0 Å². The number of carboxylic acids is 1. The maximum absolute atomic E-state index is 11.6. The van der Waals surface area contributed by atoms with Gasteiger partial charge < -0.3 is 5.11 Å². The minimum absolute atomic E-state index is 0.0661. The maximum atomic E-state index is 11.6. The van der Waals surface area contributed by atoms with E-state index in [1.54, 1.807) is 0 Å². The molecule has 1 aromatic carbocycles. The summed E-state index contributed by atoms with van der Waals surface area (Å²) < 4.78 is 30.9. The average Bonchev–Trinajstić information content (AvgIpc) is 2.71. The second kappa shape index (κ2) is 4.44. The number of amides is 1. The van der Waals surface area contributed by atoms with E-state index in [1.165, 1.54) is 12.1 Å². The molecule has 1 aliphatic heterocycles. The third-order valence-corrected chi connectivity index (χ3v) is 3.23. The number of nitrogens with zero attached hydrogens (tertiary/aromatic N) is 2. The Balaban J connectivity index is 2.43. The Morgan fingerprint density at radius 1 is 1.37 bits per heavy atom. The van der Waals surface area contributed by atoms with Crippen LogP contribution in [-0.2, 0) is 19.7 Å². The van der Waals surface area contributed by atoms with Crippen LogP contribution in [0, 0.1) is 0 Å². The average molecular weight is 284 g/mol. The lowest BCUT2D eigenvalue weighted by Gasteiger charge is -2.11. The predicted octanol–water partition coefficient (Wildman–Crippen LogP) is 0.111. The van der Waals surface area contributed by atoms with Gasteiger partial charge in [-0.1, -0.05) is 6.07 Å². The van der Waals surface area contributed by atoms with Gasteiger partial charge in [0.1, 0.15) is 0 Å². The molecule has 100 valence electrons. The minimum Gasteiger partial charge on any atom is -0.477 e. The van der Waals surface area contributed by atoms with E-state index >= 15 is 0 Å². The molecule has 2 N–H and O–H groups in total. The van der Waals surface area contributed by atoms with Crippen molar-refractivity contribution in [2.75, 3.05) is 5.01 Å². The molecule has 1 heterocycles. The van der Waals surface area contributed by atoms with Crippen LogP contribution in [0.15, 0.2) is 34.3 Å². The topological polar surface area (TPSA) is 124 Å². The number of benzene rings is 1. The summed E-state index contributed by atoms with van der Waals surface area (Å²) in [7, 11) is -4.40. The molecule has 0 atom stereocenters. The van der Waals surface area contributed by atoms with E-state index < -0.39 is 26.9 Å². The first-order valence-corrected chi connectivity index (χ1v) is 6.44. The fourth-order valence-corrected chi connectivity index (χ4v) is 2.05. The first-order valence-electron chi connectivity index (χ1n) is 5.00. The molecule has 0 aromatic heterocycles. The van der Waals surface area contributed by atoms with Gasteiger partial charge in [-0.15, -0.1) is 0 Å². The minimum atomic E-state index is -4.40. The zero-order valence-corrected chi connectivity index (χ0v) is 10.2. The number of carbonyl (C=O) groups excluding carboxylic acids is 1. The van der Waals surface area contributed by atoms with Crippen molar-refractivity contribution in [2.45, 2.75) is 11.3 Å². The summed E-state index contributed by atoms with van der Waals surface area (Å²) in [6.07, 6.45) is -0.370. The largest absolute Gasteiger partial charge is 0.477 e. The van der Waals surface area contributed by atoms with Crippen LogP contribution in [0.5, 0.6) is 0 Å². The smallest absolute Gasteiger partial charge is 0.352 e. The quantitative estimate of drug-likeness (QED) is 0.759. The van der Waals surface area contributed by atoms with Crippen LogP contribution in [0.3, 0.4) is 0 Å². The molecule has 0 aliphatic carbocycles. The number of aliphatic carboxylic acids is 1. The molecule has 2 rings (SSSR count). The van der Waals surface area contributed by atoms with Crippen LogP contribution in [0.2, 0.25) is 0 Å². The van der Waals surface area contributed by atoms with Crippen LogP contribution in [0.25, 0.3) is 0 Å². The molecule has 0 spiro atoms. The van der Waals surface area contributed by atoms with Crippen LogP contribution < -0.4 is 5.01 Å². The fraction of sp³-hybridized carbons (Fsp3) is 0.100. The molecular formula is C10H8N2O6S. The third kappa shape index (κ3) is 2.61. The van der Waals surface area contributed by atoms with Gasteiger partial charge in [-0.05, 0) is 18.2 Å². The molecule has 0 unspecified atom stereocenters. The Morgan fingerprint density at radius 3 is 2.58 bits per heavy atom. The zero-order valence-electron chi connectivity index (χ0n) is 9.35. The molecule has 1 aliphatic rings. The second-order valence-electron chi connectivity index (χ2n) is 3.71. The van der Waals surface area contributed by atoms with Gasteiger partial charge in [-0.3, -0.25) is 9.35 Å². The summed E-state index contributed by atoms with van der Waals surface area (Å²) in [6.45, 7) is 0. The number of rotatable bonds is 3. The second-order valence-corrected chi connectivity index (χ2v) is 5.13. The summed E-state index contributed by atoms with van der Waals surface area (Å²) >= 11 is 0. The number of carbonyl (C=O) groups is 2. The van der Waals surface area contributed by atoms with Crippen molar-refractivity contribution in [1.29, 1.82) is 0 Å². The van der Waals surface area contributed by atoms with E-state index in [-0.39, 0.29) is 17.8 Å². The number of hydrogen-bond donors (Lipinski definition) is 2. The van der Waals surface area contributed by atoms with E-state index in [0.29, 0.717) is 0 Å². The van der Waals surface area contributed by atoms with Gasteiger partial charge in [0.2, 0.25) is 0 Å². The van der Waals surface area contributed by atoms with Crippen molar-refractivity contribution in [1.82, 2.24) is 0 Å². The standard InChI is InChI=1S/C10H8N2O6S/c13-9-5-8(10(14)15)11-12(9)6-2-1-3-7(4-6)19(16,17)18/h1-4H,5H2,(H,14,15)(H,16,17,18). The van der Waals surface area contributed by atoms with E-state index in [2.05, 4.69) is 5.10 Å². The van der Waals surface area contributed by atoms with Crippen LogP contribution >= 0.6 is 0 Å². The van der Waals surface area contributed by atoms with Crippen molar-refractivity contribution in [3.05, 3.63) is 24.3 Å². The lowest BCUT2D eigenvalue weighted by Crippen LogP contribution is -2.19. The van der Waals surface area contributed by atoms with Crippen molar-refractivity contribution in [3.63, 3.8) is 0 Å². The molecule has 0 fully saturated rings. The highest BCUT2D eigenvalue weighted by atomic mass is 32.2. The summed E-state index contributed by atoms with van der Waals surface area (Å²) in [5.41, 5.74) is -0.265. The normalized spacial score (nSPS) is 15.5. The van der Waals surface area contributed by atoms with Crippen LogP contribution in [0.4, 0.5) is 5.69 Å². The van der Waals surface area contributed by atoms with Gasteiger partial charge in [0.15, 0.2) is 5.71 Å². The van der Waals surface area contributed by atoms with Crippen molar-refractivity contribution < 1.29 is 27.7 Å². The Kier molecular flexibility index (Phi) is 3.08. The van der Waals surface area contributed by atoms with Gasteiger partial charge >= 0.3 is 5.97 Å². The fourth-order valence-electron chi connectivity index (χ4n) is 1.53. The number of hydrogen-bond acceptors (Lipinski definition) is 5. The summed E-state index contributed by atoms with van der Waals surface area (Å²) in [6, 6.07) is 4.85. The monoisotopic (exact) mass is 284 g/mol. The highest BCUT2D eigenvalue weighted by Gasteiger charge is 2.29. The van der Waals surface area contributed by atoms with Crippen LogP contribution in [-0.4, -0.2) is 35.7 Å². The molecule has 0 saturated carbocycles. The first kappa shape index (κ1) is 13.2. The number of hydrazone groups is 1. The molecule has 0 radical (unpaired) electrons. The van der Waals surface area contributed by atoms with E-state index in [9.17, 15) is 18.0 Å². The number of carboxylic acid groups (broad SMARTS) is 1. The zero-order chi connectivity index (χ0) is 14.2. The van der Waals surface area contributed by atoms with Crippen molar-refractivity contribution in [3.8, 4) is 0 Å². The molecular weight excluding hydrogens is 276 g/mol. The van der Waals surface area contributed by atoms with Gasteiger partial charge in [-0.2, -0.15) is 18.5 Å². The van der Waals surface area contributed by atoms with E-state index in [0.717, 1.165) is 17.1 Å². The molecule has 0 bridgehead atoms. The van der Waals surface area contributed by atoms with Gasteiger partial charge in [0.05, 0.1) is 17.0 Å². The Bertz CT molecular complexity index is 694. The third-order valence-electron chi connectivity index (χ3n) is 2.38. The molecule has 8 nitrogen and oxygen atoms in total. The lowest BCUT2D eigenvalue weighted by molar-refractivity contribution is -0.129. The molecule has 0 saturated heterocycles. The maximum Gasteiger partial charge on any atom is 0.352 e. The SMILES string of the molecule is O=C(O)C1=NN(c2cccc(S(=O)(=O)O)c2)C(=O)C1. The Morgan fingerprint density at radius 2 is 2.05 bits per heavy atom. The Hall–Kier alpha value is -2.26. The highest BCUT2D eigenvalue weighted by Crippen LogP contribution is 2.23. The van der Waals surface area contributed by atoms with Gasteiger partial charge in [0.25, 0.3) is 16.0 Å². The molecule has 9 heteroatoms. The predicted molar refractivity (Wildman–Crippen MR) is 63.4 cm³/mol. The van der Waals surface area contributed by atoms with Gasteiger partial charge in [-0.25, -0.2) is 4.79 Å². The summed E-state index contributed by atoms with van der Waals surface area (Å²) in [5.74, 6) is -1.91. The number of anilines is 1. The van der Waals surface area contributed by atoms with E-state index in [4.69, 9.17) is 9.66 Å². The summed E-state index contributed by atoms with van der Waals surface area (Å²) in [4.78, 5) is 21.9. The highest BCUT2D eigenvalue weighted by molar-refractivity contribution is 7.85. The first-order chi connectivity index (χ1) is 8.79. The molecule has 1 aromatic rings. The van der Waals surface area contributed by atoms with E-state index in [1.807, 2.05) is 0 Å². The molecule has 19 heavy (non-hydrogen) atoms. The van der Waals surface area contributed by atoms with Crippen LogP contribution in [0.1, 0.15) is 6.42 Å². The van der Waals surface area contributed by atoms with Crippen molar-refractivity contribution in [2.24, 2.45) is 5.10 Å². The lowest BCUT2D eigenvalue weighted by atomic mass is 10.2. The van der Waals surface area contributed by atoms with Crippen molar-refractivity contribution >= 4 is 33.4 Å².